The summed E-state index contributed by atoms with van der Waals surface area (Å²) < 4.78 is 5.12. The molecule has 0 saturated heterocycles. The Kier molecular flexibility index (Phi) is 6.44. The molecule has 1 rings (SSSR count). The maximum absolute atomic E-state index is 11.5. The molecule has 0 spiro atoms. The van der Waals surface area contributed by atoms with Gasteiger partial charge in [-0.05, 0) is 17.9 Å². The molecule has 0 aliphatic rings. The zero-order valence-corrected chi connectivity index (χ0v) is 11.1. The number of hydrogen-bond donors (Lipinski definition) is 1. The van der Waals surface area contributed by atoms with Crippen LogP contribution in [0.2, 0.25) is 0 Å². The van der Waals surface area contributed by atoms with Crippen LogP contribution in [0, 0.1) is 5.92 Å². The van der Waals surface area contributed by atoms with Crippen LogP contribution in [0.1, 0.15) is 38.7 Å². The van der Waals surface area contributed by atoms with Gasteiger partial charge in [-0.1, -0.05) is 50.6 Å². The number of carbonyl (C=O) groups is 1. The van der Waals surface area contributed by atoms with E-state index in [9.17, 15) is 9.90 Å². The first-order valence-electron chi connectivity index (χ1n) is 6.49. The molecule has 0 saturated carbocycles. The second-order valence-corrected chi connectivity index (χ2v) is 4.75. The van der Waals surface area contributed by atoms with Gasteiger partial charge >= 0.3 is 5.97 Å². The first-order chi connectivity index (χ1) is 8.61. The van der Waals surface area contributed by atoms with Crippen LogP contribution in [0.15, 0.2) is 30.3 Å². The van der Waals surface area contributed by atoms with Gasteiger partial charge in [0.2, 0.25) is 0 Å². The summed E-state index contributed by atoms with van der Waals surface area (Å²) in [6.07, 6.45) is 1.15. The molecule has 3 nitrogen and oxygen atoms in total. The maximum atomic E-state index is 11.5. The highest BCUT2D eigenvalue weighted by atomic mass is 16.5. The van der Waals surface area contributed by atoms with Gasteiger partial charge in [-0.25, -0.2) is 0 Å². The van der Waals surface area contributed by atoms with Gasteiger partial charge in [-0.3, -0.25) is 4.79 Å². The quantitative estimate of drug-likeness (QED) is 0.757. The number of benzene rings is 1. The third-order valence-electron chi connectivity index (χ3n) is 3.02. The van der Waals surface area contributed by atoms with Crippen molar-refractivity contribution in [3.8, 4) is 0 Å². The Labute approximate surface area is 109 Å². The van der Waals surface area contributed by atoms with E-state index in [4.69, 9.17) is 4.74 Å². The molecule has 0 bridgehead atoms. The molecule has 0 aliphatic carbocycles. The van der Waals surface area contributed by atoms with Crippen molar-refractivity contribution in [3.63, 3.8) is 0 Å². The van der Waals surface area contributed by atoms with Crippen molar-refractivity contribution >= 4 is 5.97 Å². The summed E-state index contributed by atoms with van der Waals surface area (Å²) in [5.74, 6) is 0.0941. The molecule has 0 aliphatic heterocycles. The van der Waals surface area contributed by atoms with Crippen LogP contribution in [0.4, 0.5) is 0 Å². The van der Waals surface area contributed by atoms with Gasteiger partial charge in [0.15, 0.2) is 0 Å². The van der Waals surface area contributed by atoms with Crippen LogP contribution >= 0.6 is 0 Å². The first kappa shape index (κ1) is 14.7. The molecule has 0 amide bonds. The Morgan fingerprint density at radius 2 is 2.00 bits per heavy atom. The van der Waals surface area contributed by atoms with E-state index in [-0.39, 0.29) is 19.0 Å². The third-order valence-corrected chi connectivity index (χ3v) is 3.02. The zero-order chi connectivity index (χ0) is 13.4. The van der Waals surface area contributed by atoms with E-state index in [2.05, 4.69) is 13.8 Å². The summed E-state index contributed by atoms with van der Waals surface area (Å²) >= 11 is 0. The van der Waals surface area contributed by atoms with Crippen molar-refractivity contribution in [1.82, 2.24) is 0 Å². The van der Waals surface area contributed by atoms with Crippen molar-refractivity contribution < 1.29 is 14.6 Å². The van der Waals surface area contributed by atoms with Crippen molar-refractivity contribution in [2.24, 2.45) is 5.92 Å². The van der Waals surface area contributed by atoms with Crippen LogP contribution in [-0.2, 0) is 16.1 Å². The number of rotatable bonds is 7. The predicted molar refractivity (Wildman–Crippen MR) is 70.9 cm³/mol. The molecule has 2 atom stereocenters. The number of aliphatic hydroxyl groups excluding tert-OH is 1. The van der Waals surface area contributed by atoms with Crippen LogP contribution in [0.25, 0.3) is 0 Å². The average molecular weight is 250 g/mol. The fourth-order valence-electron chi connectivity index (χ4n) is 1.70. The molecule has 1 N–H and O–H groups in total. The minimum absolute atomic E-state index is 0.0805. The minimum Gasteiger partial charge on any atom is -0.461 e. The lowest BCUT2D eigenvalue weighted by Crippen LogP contribution is -2.18. The van der Waals surface area contributed by atoms with Crippen LogP contribution in [0.5, 0.6) is 0 Å². The van der Waals surface area contributed by atoms with Crippen LogP contribution < -0.4 is 0 Å². The summed E-state index contributed by atoms with van der Waals surface area (Å²) in [6, 6.07) is 9.54. The molecule has 0 aromatic heterocycles. The lowest BCUT2D eigenvalue weighted by molar-refractivity contribution is -0.147. The fourth-order valence-corrected chi connectivity index (χ4v) is 1.70. The summed E-state index contributed by atoms with van der Waals surface area (Å²) in [6.45, 7) is 4.42. The van der Waals surface area contributed by atoms with E-state index in [0.717, 1.165) is 12.0 Å². The largest absolute Gasteiger partial charge is 0.461 e. The number of esters is 1. The van der Waals surface area contributed by atoms with E-state index >= 15 is 0 Å². The van der Waals surface area contributed by atoms with E-state index < -0.39 is 6.10 Å². The molecule has 0 heterocycles. The van der Waals surface area contributed by atoms with Gasteiger partial charge in [-0.15, -0.1) is 0 Å². The Morgan fingerprint density at radius 3 is 2.61 bits per heavy atom. The van der Waals surface area contributed by atoms with Crippen molar-refractivity contribution in [2.75, 3.05) is 0 Å². The van der Waals surface area contributed by atoms with E-state index in [0.29, 0.717) is 12.3 Å². The van der Waals surface area contributed by atoms with Gasteiger partial charge in [0, 0.05) is 0 Å². The van der Waals surface area contributed by atoms with Crippen LogP contribution in [0.3, 0.4) is 0 Å². The van der Waals surface area contributed by atoms with Crippen LogP contribution in [-0.4, -0.2) is 17.2 Å². The molecule has 18 heavy (non-hydrogen) atoms. The highest BCUT2D eigenvalue weighted by Gasteiger charge is 2.14. The zero-order valence-electron chi connectivity index (χ0n) is 11.1. The van der Waals surface area contributed by atoms with Gasteiger partial charge in [-0.2, -0.15) is 0 Å². The van der Waals surface area contributed by atoms with Gasteiger partial charge < -0.3 is 9.84 Å². The lowest BCUT2D eigenvalue weighted by atomic mass is 9.99. The standard InChI is InChI=1S/C15H22O3/c1-3-12(2)9-14(16)10-15(17)18-11-13-7-5-4-6-8-13/h4-8,12,14,16H,3,9-11H2,1-2H3. The molecular weight excluding hydrogens is 228 g/mol. The Bertz CT molecular complexity index is 348. The Morgan fingerprint density at radius 1 is 1.33 bits per heavy atom. The molecule has 2 unspecified atom stereocenters. The highest BCUT2D eigenvalue weighted by molar-refractivity contribution is 5.69. The van der Waals surface area contributed by atoms with E-state index in [1.165, 1.54) is 0 Å². The van der Waals surface area contributed by atoms with Crippen molar-refractivity contribution in [3.05, 3.63) is 35.9 Å². The fraction of sp³-hybridized carbons (Fsp3) is 0.533. The maximum Gasteiger partial charge on any atom is 0.308 e. The molecule has 1 aromatic rings. The second kappa shape index (κ2) is 7.88. The number of ether oxygens (including phenoxy) is 1. The SMILES string of the molecule is CCC(C)CC(O)CC(=O)OCc1ccccc1. The predicted octanol–water partition coefficient (Wildman–Crippen LogP) is 2.92. The van der Waals surface area contributed by atoms with Gasteiger partial charge in [0.25, 0.3) is 0 Å². The van der Waals surface area contributed by atoms with E-state index in [1.54, 1.807) is 0 Å². The van der Waals surface area contributed by atoms with Crippen molar-refractivity contribution in [2.45, 2.75) is 45.8 Å². The molecule has 1 aromatic carbocycles. The topological polar surface area (TPSA) is 46.5 Å². The van der Waals surface area contributed by atoms with Crippen molar-refractivity contribution in [1.29, 1.82) is 0 Å². The highest BCUT2D eigenvalue weighted by Crippen LogP contribution is 2.12. The summed E-state index contributed by atoms with van der Waals surface area (Å²) in [5, 5.41) is 9.72. The monoisotopic (exact) mass is 250 g/mol. The number of aliphatic hydroxyl groups is 1. The third kappa shape index (κ3) is 5.82. The van der Waals surface area contributed by atoms with Gasteiger partial charge in [0.05, 0.1) is 12.5 Å². The molecule has 0 radical (unpaired) electrons. The normalized spacial score (nSPS) is 13.9. The minimum atomic E-state index is -0.594. The summed E-state index contributed by atoms with van der Waals surface area (Å²) in [7, 11) is 0. The molecule has 3 heteroatoms. The summed E-state index contributed by atoms with van der Waals surface area (Å²) in [5.41, 5.74) is 0.960. The average Bonchev–Trinajstić information content (AvgIpc) is 2.37. The Balaban J connectivity index is 2.25. The smallest absolute Gasteiger partial charge is 0.308 e. The van der Waals surface area contributed by atoms with Gasteiger partial charge in [0.1, 0.15) is 6.61 Å². The number of hydrogen-bond acceptors (Lipinski definition) is 3. The molecule has 100 valence electrons. The number of carbonyl (C=O) groups excluding carboxylic acids is 1. The summed E-state index contributed by atoms with van der Waals surface area (Å²) in [4.78, 5) is 11.5. The lowest BCUT2D eigenvalue weighted by Gasteiger charge is -2.14. The van der Waals surface area contributed by atoms with E-state index in [1.807, 2.05) is 30.3 Å². The first-order valence-corrected chi connectivity index (χ1v) is 6.49. The second-order valence-electron chi connectivity index (χ2n) is 4.75. The Hall–Kier alpha value is -1.35. The molecular formula is C15H22O3. The molecule has 0 fully saturated rings.